The number of nitrogens with zero attached hydrogens (tertiary/aromatic N) is 2. The second-order valence-electron chi connectivity index (χ2n) is 5.89. The van der Waals surface area contributed by atoms with Gasteiger partial charge in [0.2, 0.25) is 0 Å². The van der Waals surface area contributed by atoms with Crippen molar-refractivity contribution in [2.45, 2.75) is 24.8 Å². The Balaban J connectivity index is 1.89. The van der Waals surface area contributed by atoms with E-state index in [1.165, 1.54) is 17.5 Å². The number of rotatable bonds is 1. The van der Waals surface area contributed by atoms with Crippen LogP contribution in [0.5, 0.6) is 0 Å². The van der Waals surface area contributed by atoms with Crippen LogP contribution < -0.4 is 10.6 Å². The average molecular weight is 277 g/mol. The van der Waals surface area contributed by atoms with Crippen LogP contribution in [0.3, 0.4) is 0 Å². The number of hydrogen-bond acceptors (Lipinski definition) is 3. The van der Waals surface area contributed by atoms with E-state index in [9.17, 15) is 0 Å². The molecule has 0 aromatic heterocycles. The van der Waals surface area contributed by atoms with Gasteiger partial charge in [-0.2, -0.15) is 0 Å². The Bertz CT molecular complexity index is 693. The first kappa shape index (κ1) is 12.5. The molecule has 21 heavy (non-hydrogen) atoms. The van der Waals surface area contributed by atoms with E-state index in [1.54, 1.807) is 0 Å². The van der Waals surface area contributed by atoms with Crippen LogP contribution in [-0.2, 0) is 12.0 Å². The third kappa shape index (κ3) is 1.77. The van der Waals surface area contributed by atoms with Gasteiger partial charge >= 0.3 is 0 Å². The third-order valence-electron chi connectivity index (χ3n) is 4.73. The maximum atomic E-state index is 6.25. The molecule has 2 N–H and O–H groups in total. The maximum Gasteiger partial charge on any atom is 0.196 e. The molecule has 2 aromatic rings. The lowest BCUT2D eigenvalue weighted by Gasteiger charge is -2.43. The van der Waals surface area contributed by atoms with E-state index >= 15 is 0 Å². The molecule has 0 amide bonds. The lowest BCUT2D eigenvalue weighted by Crippen LogP contribution is -2.51. The van der Waals surface area contributed by atoms with Crippen LogP contribution in [-0.4, -0.2) is 12.5 Å². The number of fused-ring (bicyclic) bond motifs is 2. The molecule has 2 aromatic carbocycles. The number of anilines is 1. The van der Waals surface area contributed by atoms with Crippen molar-refractivity contribution in [2.75, 3.05) is 11.4 Å². The second kappa shape index (κ2) is 4.62. The number of hydrogen-bond donors (Lipinski definition) is 1. The summed E-state index contributed by atoms with van der Waals surface area (Å²) >= 11 is 0. The highest BCUT2D eigenvalue weighted by Gasteiger charge is 2.46. The Labute approximate surface area is 125 Å². The number of nitrogens with two attached hydrogens (primary N) is 1. The molecule has 1 unspecified atom stereocenters. The number of guanidine groups is 1. The molecule has 4 rings (SSSR count). The van der Waals surface area contributed by atoms with Crippen LogP contribution in [0.4, 0.5) is 5.69 Å². The van der Waals surface area contributed by atoms with Crippen LogP contribution in [0.1, 0.15) is 24.0 Å². The molecule has 106 valence electrons. The average Bonchev–Trinajstić information content (AvgIpc) is 2.86. The fraction of sp³-hybridized carbons (Fsp3) is 0.278. The highest BCUT2D eigenvalue weighted by atomic mass is 15.4. The van der Waals surface area contributed by atoms with Crippen molar-refractivity contribution in [1.29, 1.82) is 0 Å². The van der Waals surface area contributed by atoms with Crippen molar-refractivity contribution in [3.63, 3.8) is 0 Å². The van der Waals surface area contributed by atoms with Crippen molar-refractivity contribution in [1.82, 2.24) is 0 Å². The van der Waals surface area contributed by atoms with Gasteiger partial charge in [0.1, 0.15) is 0 Å². The molecular weight excluding hydrogens is 258 g/mol. The monoisotopic (exact) mass is 277 g/mol. The van der Waals surface area contributed by atoms with Crippen molar-refractivity contribution < 1.29 is 0 Å². The van der Waals surface area contributed by atoms with Gasteiger partial charge in [0.15, 0.2) is 5.96 Å². The molecule has 1 aliphatic heterocycles. The first-order chi connectivity index (χ1) is 10.3. The van der Waals surface area contributed by atoms with Gasteiger partial charge in [-0.3, -0.25) is 4.99 Å². The minimum atomic E-state index is -0.0969. The minimum absolute atomic E-state index is 0.0969. The summed E-state index contributed by atoms with van der Waals surface area (Å²) in [5.74, 6) is 0.637. The zero-order valence-corrected chi connectivity index (χ0v) is 12.0. The molecular formula is C18H19N3. The minimum Gasteiger partial charge on any atom is -0.369 e. The summed E-state index contributed by atoms with van der Waals surface area (Å²) in [4.78, 5) is 6.83. The molecule has 0 bridgehead atoms. The van der Waals surface area contributed by atoms with Crippen LogP contribution in [0, 0.1) is 0 Å². The molecule has 1 atom stereocenters. The maximum absolute atomic E-state index is 6.25. The first-order valence-electron chi connectivity index (χ1n) is 7.55. The largest absolute Gasteiger partial charge is 0.369 e. The zero-order chi connectivity index (χ0) is 14.3. The molecule has 3 nitrogen and oxygen atoms in total. The second-order valence-corrected chi connectivity index (χ2v) is 5.89. The van der Waals surface area contributed by atoms with E-state index in [1.807, 2.05) is 6.07 Å². The van der Waals surface area contributed by atoms with Crippen LogP contribution in [0.15, 0.2) is 59.6 Å². The fourth-order valence-corrected chi connectivity index (χ4v) is 3.82. The van der Waals surface area contributed by atoms with Crippen LogP contribution in [0.2, 0.25) is 0 Å². The van der Waals surface area contributed by atoms with Gasteiger partial charge in [-0.1, -0.05) is 42.5 Å². The van der Waals surface area contributed by atoms with E-state index in [0.717, 1.165) is 25.1 Å². The van der Waals surface area contributed by atoms with Gasteiger partial charge in [0.05, 0.1) is 12.1 Å². The van der Waals surface area contributed by atoms with Crippen molar-refractivity contribution in [2.24, 2.45) is 10.7 Å². The van der Waals surface area contributed by atoms with Crippen molar-refractivity contribution in [3.8, 4) is 0 Å². The molecule has 0 fully saturated rings. The number of benzene rings is 2. The normalized spacial score (nSPS) is 24.0. The molecule has 1 spiro atoms. The van der Waals surface area contributed by atoms with Crippen molar-refractivity contribution >= 4 is 11.6 Å². The summed E-state index contributed by atoms with van der Waals surface area (Å²) in [5.41, 5.74) is 10.1. The van der Waals surface area contributed by atoms with Crippen molar-refractivity contribution in [3.05, 3.63) is 65.7 Å². The Morgan fingerprint density at radius 3 is 2.62 bits per heavy atom. The zero-order valence-electron chi connectivity index (χ0n) is 12.0. The molecule has 0 saturated heterocycles. The molecule has 2 aliphatic rings. The van der Waals surface area contributed by atoms with Gasteiger partial charge < -0.3 is 10.6 Å². The summed E-state index contributed by atoms with van der Waals surface area (Å²) in [6.07, 6.45) is 3.44. The predicted molar refractivity (Wildman–Crippen MR) is 86.5 cm³/mol. The van der Waals surface area contributed by atoms with E-state index in [0.29, 0.717) is 5.96 Å². The molecule has 3 heteroatoms. The SMILES string of the molecule is NC1=NCC2(CCCc3ccccc32)N1c1ccccc1. The lowest BCUT2D eigenvalue weighted by atomic mass is 9.75. The third-order valence-corrected chi connectivity index (χ3v) is 4.73. The van der Waals surface area contributed by atoms with E-state index in [4.69, 9.17) is 5.73 Å². The van der Waals surface area contributed by atoms with E-state index in [-0.39, 0.29) is 5.54 Å². The summed E-state index contributed by atoms with van der Waals surface area (Å²) in [6, 6.07) is 19.1. The predicted octanol–water partition coefficient (Wildman–Crippen LogP) is 3.05. The highest BCUT2D eigenvalue weighted by molar-refractivity contribution is 5.98. The summed E-state index contributed by atoms with van der Waals surface area (Å²) in [6.45, 7) is 0.755. The van der Waals surface area contributed by atoms with Gasteiger partial charge in [0.25, 0.3) is 0 Å². The summed E-state index contributed by atoms with van der Waals surface area (Å²) < 4.78 is 0. The molecule has 0 radical (unpaired) electrons. The topological polar surface area (TPSA) is 41.6 Å². The Morgan fingerprint density at radius 2 is 1.76 bits per heavy atom. The lowest BCUT2D eigenvalue weighted by molar-refractivity contribution is 0.400. The standard InChI is InChI=1S/C18H19N3/c19-17-20-13-18(21(17)15-9-2-1-3-10-15)12-6-8-14-7-4-5-11-16(14)18/h1-5,7,9-11H,6,8,12-13H2,(H2,19,20). The Hall–Kier alpha value is -2.29. The number of aryl methyl sites for hydroxylation is 1. The number of para-hydroxylation sites is 1. The molecule has 1 heterocycles. The van der Waals surface area contributed by atoms with Crippen LogP contribution >= 0.6 is 0 Å². The Morgan fingerprint density at radius 1 is 1.00 bits per heavy atom. The van der Waals surface area contributed by atoms with Gasteiger partial charge in [0, 0.05) is 5.69 Å². The van der Waals surface area contributed by atoms with Crippen LogP contribution in [0.25, 0.3) is 0 Å². The molecule has 0 saturated carbocycles. The van der Waals surface area contributed by atoms with Gasteiger partial charge in [-0.25, -0.2) is 0 Å². The summed E-state index contributed by atoms with van der Waals surface area (Å²) in [7, 11) is 0. The molecule has 1 aliphatic carbocycles. The summed E-state index contributed by atoms with van der Waals surface area (Å²) in [5, 5.41) is 0. The van der Waals surface area contributed by atoms with E-state index in [2.05, 4.69) is 58.4 Å². The van der Waals surface area contributed by atoms with E-state index < -0.39 is 0 Å². The fourth-order valence-electron chi connectivity index (χ4n) is 3.82. The highest BCUT2D eigenvalue weighted by Crippen LogP contribution is 2.44. The van der Waals surface area contributed by atoms with Gasteiger partial charge in [-0.05, 0) is 42.5 Å². The first-order valence-corrected chi connectivity index (χ1v) is 7.55. The smallest absolute Gasteiger partial charge is 0.196 e. The van der Waals surface area contributed by atoms with Gasteiger partial charge in [-0.15, -0.1) is 0 Å². The Kier molecular flexibility index (Phi) is 2.74. The number of aliphatic imine (C=N–C) groups is 1. The quantitative estimate of drug-likeness (QED) is 0.870.